The highest BCUT2D eigenvalue weighted by Crippen LogP contribution is 2.39. The Kier molecular flexibility index (Phi) is 10.8. The fourth-order valence-corrected chi connectivity index (χ4v) is 7.03. The van der Waals surface area contributed by atoms with Gasteiger partial charge in [-0.25, -0.2) is 14.2 Å². The van der Waals surface area contributed by atoms with Crippen LogP contribution in [0.2, 0.25) is 23.3 Å². The van der Waals surface area contributed by atoms with Crippen LogP contribution in [0, 0.1) is 12.7 Å². The molecule has 1 aliphatic heterocycles. The van der Waals surface area contributed by atoms with Gasteiger partial charge in [-0.1, -0.05) is 38.4 Å². The van der Waals surface area contributed by atoms with Gasteiger partial charge >= 0.3 is 5.97 Å². The molecule has 0 unspecified atom stereocenters. The second-order valence-corrected chi connectivity index (χ2v) is 18.6. The van der Waals surface area contributed by atoms with Crippen LogP contribution in [-0.2, 0) is 28.4 Å². The molecule has 0 fully saturated rings. The number of thiazole rings is 1. The average molecular weight is 649 g/mol. The van der Waals surface area contributed by atoms with E-state index in [0.717, 1.165) is 53.1 Å². The van der Waals surface area contributed by atoms with Crippen molar-refractivity contribution in [2.45, 2.75) is 84.4 Å². The topological polar surface area (TPSA) is 86.7 Å². The van der Waals surface area contributed by atoms with E-state index in [-0.39, 0.29) is 22.3 Å². The van der Waals surface area contributed by atoms with E-state index in [1.165, 1.54) is 18.4 Å². The Balaban J connectivity index is 1.34. The van der Waals surface area contributed by atoms with Crippen molar-refractivity contribution in [1.82, 2.24) is 15.2 Å². The molecule has 0 atom stereocenters. The number of benzene rings is 1. The molecule has 0 spiro atoms. The van der Waals surface area contributed by atoms with Gasteiger partial charge in [0.05, 0.1) is 13.7 Å². The molecule has 0 radical (unpaired) electrons. The van der Waals surface area contributed by atoms with Crippen LogP contribution in [0.3, 0.4) is 0 Å². The molecule has 0 saturated heterocycles. The first-order chi connectivity index (χ1) is 20.3. The van der Waals surface area contributed by atoms with Crippen LogP contribution in [0.1, 0.15) is 72.1 Å². The number of fused-ring (bicyclic) bond motifs is 1. The molecule has 2 aromatic heterocycles. The number of nitrogens with zero attached hydrogens (tertiary/aromatic N) is 4. The molecule has 0 amide bonds. The van der Waals surface area contributed by atoms with Crippen molar-refractivity contribution in [2.75, 3.05) is 31.8 Å². The van der Waals surface area contributed by atoms with Crippen LogP contribution in [0.5, 0.6) is 5.75 Å². The highest BCUT2D eigenvalue weighted by atomic mass is 35.5. The Morgan fingerprint density at radius 1 is 1.16 bits per heavy atom. The van der Waals surface area contributed by atoms with Crippen LogP contribution >= 0.6 is 22.9 Å². The molecular weight excluding hydrogens is 607 g/mol. The van der Waals surface area contributed by atoms with Gasteiger partial charge in [-0.3, -0.25) is 0 Å². The molecule has 43 heavy (non-hydrogen) atoms. The number of carbonyl (C=O) groups excluding carboxylic acids is 1. The number of rotatable bonds is 12. The molecule has 8 nitrogen and oxygen atoms in total. The zero-order valence-corrected chi connectivity index (χ0v) is 28.8. The molecule has 3 aromatic rings. The van der Waals surface area contributed by atoms with Gasteiger partial charge in [0.15, 0.2) is 41.7 Å². The molecule has 1 aliphatic rings. The molecule has 0 aliphatic carbocycles. The van der Waals surface area contributed by atoms with Crippen molar-refractivity contribution in [3.05, 3.63) is 56.4 Å². The largest absolute Gasteiger partial charge is 0.491 e. The number of hydrogen-bond acceptors (Lipinski definition) is 9. The second kappa shape index (κ2) is 14.0. The summed E-state index contributed by atoms with van der Waals surface area (Å²) in [5, 5.41) is 9.66. The van der Waals surface area contributed by atoms with Crippen molar-refractivity contribution in [2.24, 2.45) is 0 Å². The number of esters is 1. The number of hydrogen-bond donors (Lipinski definition) is 0. The summed E-state index contributed by atoms with van der Waals surface area (Å²) >= 11 is 7.63. The minimum absolute atomic E-state index is 0.171. The molecular formula is C31H42ClFN4O4SSi. The van der Waals surface area contributed by atoms with Gasteiger partial charge in [0.2, 0.25) is 0 Å². The van der Waals surface area contributed by atoms with E-state index in [4.69, 9.17) is 25.5 Å². The lowest BCUT2D eigenvalue weighted by Gasteiger charge is -2.36. The maximum atomic E-state index is 14.8. The predicted octanol–water partition coefficient (Wildman–Crippen LogP) is 7.87. The molecule has 0 saturated carbocycles. The number of aromatic nitrogens is 3. The second-order valence-electron chi connectivity index (χ2n) is 12.4. The Morgan fingerprint density at radius 3 is 2.60 bits per heavy atom. The SMILES string of the molecule is COC(=O)c1nc(N2CCCc3c2nnc(Cl)c3C)sc1CCCOc1ccc(CCCO[Si](C)(C)C(C)(C)C)cc1F. The first kappa shape index (κ1) is 33.3. The molecule has 3 heterocycles. The van der Waals surface area contributed by atoms with Gasteiger partial charge in [-0.2, -0.15) is 0 Å². The van der Waals surface area contributed by atoms with E-state index in [9.17, 15) is 9.18 Å². The number of carbonyl (C=O) groups is 1. The van der Waals surface area contributed by atoms with Crippen molar-refractivity contribution >= 4 is 48.2 Å². The van der Waals surface area contributed by atoms with Crippen LogP contribution < -0.4 is 9.64 Å². The summed E-state index contributed by atoms with van der Waals surface area (Å²) in [7, 11) is -0.437. The first-order valence-electron chi connectivity index (χ1n) is 14.7. The Hall–Kier alpha value is -2.60. The normalized spacial score (nSPS) is 13.7. The summed E-state index contributed by atoms with van der Waals surface area (Å²) in [6, 6.07) is 5.14. The zero-order chi connectivity index (χ0) is 31.4. The fraction of sp³-hybridized carbons (Fsp3) is 0.548. The minimum atomic E-state index is -1.78. The lowest BCUT2D eigenvalue weighted by Crippen LogP contribution is -2.41. The highest BCUT2D eigenvalue weighted by molar-refractivity contribution is 7.16. The van der Waals surface area contributed by atoms with Gasteiger partial charge in [0.25, 0.3) is 0 Å². The summed E-state index contributed by atoms with van der Waals surface area (Å²) in [5.41, 5.74) is 3.16. The van der Waals surface area contributed by atoms with Gasteiger partial charge in [0, 0.05) is 23.6 Å². The maximum absolute atomic E-state index is 14.8. The van der Waals surface area contributed by atoms with E-state index in [0.29, 0.717) is 42.9 Å². The molecule has 0 N–H and O–H groups in total. The van der Waals surface area contributed by atoms with E-state index < -0.39 is 14.3 Å². The van der Waals surface area contributed by atoms with Crippen molar-refractivity contribution in [3.8, 4) is 5.75 Å². The van der Waals surface area contributed by atoms with Gasteiger partial charge < -0.3 is 18.8 Å². The van der Waals surface area contributed by atoms with Crippen molar-refractivity contribution in [1.29, 1.82) is 0 Å². The summed E-state index contributed by atoms with van der Waals surface area (Å²) in [5.74, 6) is 0.0658. The fourth-order valence-electron chi connectivity index (χ4n) is 4.67. The number of ether oxygens (including phenoxy) is 2. The van der Waals surface area contributed by atoms with Crippen LogP contribution in [0.15, 0.2) is 18.2 Å². The quantitative estimate of drug-likeness (QED) is 0.111. The number of methoxy groups -OCH3 is 1. The van der Waals surface area contributed by atoms with Crippen LogP contribution in [-0.4, -0.2) is 56.3 Å². The smallest absolute Gasteiger partial charge is 0.357 e. The third kappa shape index (κ3) is 7.92. The maximum Gasteiger partial charge on any atom is 0.357 e. The van der Waals surface area contributed by atoms with Crippen molar-refractivity contribution < 1.29 is 23.1 Å². The molecule has 12 heteroatoms. The highest BCUT2D eigenvalue weighted by Gasteiger charge is 2.36. The summed E-state index contributed by atoms with van der Waals surface area (Å²) in [6.07, 6.45) is 4.45. The molecule has 4 rings (SSSR count). The van der Waals surface area contributed by atoms with E-state index >= 15 is 0 Å². The van der Waals surface area contributed by atoms with Crippen LogP contribution in [0.25, 0.3) is 0 Å². The molecule has 234 valence electrons. The van der Waals surface area contributed by atoms with Gasteiger partial charge in [-0.05, 0) is 86.8 Å². The number of anilines is 2. The summed E-state index contributed by atoms with van der Waals surface area (Å²) in [6.45, 7) is 14.8. The van der Waals surface area contributed by atoms with E-state index in [2.05, 4.69) is 49.0 Å². The Morgan fingerprint density at radius 2 is 1.91 bits per heavy atom. The van der Waals surface area contributed by atoms with Crippen LogP contribution in [0.4, 0.5) is 15.3 Å². The van der Waals surface area contributed by atoms with E-state index in [1.54, 1.807) is 12.1 Å². The van der Waals surface area contributed by atoms with Gasteiger partial charge in [0.1, 0.15) is 0 Å². The lowest BCUT2D eigenvalue weighted by molar-refractivity contribution is 0.0593. The number of aryl methyl sites for hydroxylation is 2. The minimum Gasteiger partial charge on any atom is -0.491 e. The Labute approximate surface area is 264 Å². The third-order valence-corrected chi connectivity index (χ3v) is 14.3. The monoisotopic (exact) mass is 648 g/mol. The first-order valence-corrected chi connectivity index (χ1v) is 18.8. The summed E-state index contributed by atoms with van der Waals surface area (Å²) in [4.78, 5) is 20.0. The Bertz CT molecular complexity index is 1450. The average Bonchev–Trinajstić information content (AvgIpc) is 3.39. The third-order valence-electron chi connectivity index (χ3n) is 8.31. The zero-order valence-electron chi connectivity index (χ0n) is 26.2. The van der Waals surface area contributed by atoms with Gasteiger partial charge in [-0.15, -0.1) is 21.5 Å². The predicted molar refractivity (Wildman–Crippen MR) is 172 cm³/mol. The number of halogens is 2. The molecule has 1 aromatic carbocycles. The summed E-state index contributed by atoms with van der Waals surface area (Å²) < 4.78 is 31.8. The van der Waals surface area contributed by atoms with E-state index in [1.807, 2.05) is 17.9 Å². The standard InChI is InChI=1S/C31H42ClFN4O4SSi/c1-20-22-12-8-16-37(28(22)36-35-27(20)32)30-34-26(29(38)39-5)25(42-30)13-10-17-40-24-15-14-21(19-23(24)33)11-9-18-41-43(6,7)31(2,3)4/h14-15,19H,8-13,16-18H2,1-7H3. The lowest BCUT2D eigenvalue weighted by atomic mass is 10.0. The van der Waals surface area contributed by atoms with Crippen molar-refractivity contribution in [3.63, 3.8) is 0 Å². The molecule has 0 bridgehead atoms.